The Morgan fingerprint density at radius 3 is 2.85 bits per heavy atom. The molecule has 3 heterocycles. The molecule has 3 aromatic rings. The van der Waals surface area contributed by atoms with Crippen LogP contribution in [0.25, 0.3) is 0 Å². The van der Waals surface area contributed by atoms with Crippen LogP contribution in [-0.4, -0.2) is 37.9 Å². The van der Waals surface area contributed by atoms with E-state index >= 15 is 0 Å². The van der Waals surface area contributed by atoms with E-state index in [2.05, 4.69) is 20.5 Å². The molecule has 2 aliphatic rings. The number of aromatic nitrogens is 3. The van der Waals surface area contributed by atoms with Crippen molar-refractivity contribution < 1.29 is 14.0 Å². The molecule has 1 aliphatic carbocycles. The van der Waals surface area contributed by atoms with Crippen molar-refractivity contribution in [2.24, 2.45) is 0 Å². The Kier molecular flexibility index (Phi) is 3.56. The summed E-state index contributed by atoms with van der Waals surface area (Å²) in [5.41, 5.74) is 2.86. The number of H-pyrrole nitrogens is 1. The van der Waals surface area contributed by atoms with Crippen LogP contribution in [0.15, 0.2) is 47.5 Å². The SMILES string of the molecule is O=C(NC1CC1)c1ccc2c(c1)CN(C(=O)c1ccn[nH]1)[C@@H]2c1cnco1. The second-order valence-electron chi connectivity index (χ2n) is 6.87. The Hall–Kier alpha value is -3.42. The van der Waals surface area contributed by atoms with E-state index in [1.807, 2.05) is 12.1 Å². The molecule has 0 bridgehead atoms. The lowest BCUT2D eigenvalue weighted by atomic mass is 10.0. The van der Waals surface area contributed by atoms with E-state index in [0.29, 0.717) is 29.6 Å². The van der Waals surface area contributed by atoms with Gasteiger partial charge in [0.05, 0.1) is 6.20 Å². The van der Waals surface area contributed by atoms with Crippen LogP contribution >= 0.6 is 0 Å². The molecule has 2 N–H and O–H groups in total. The first-order valence-electron chi connectivity index (χ1n) is 8.83. The van der Waals surface area contributed by atoms with Crippen molar-refractivity contribution in [2.45, 2.75) is 31.5 Å². The van der Waals surface area contributed by atoms with Crippen LogP contribution in [0.4, 0.5) is 0 Å². The Morgan fingerprint density at radius 1 is 1.26 bits per heavy atom. The average Bonchev–Trinajstić information content (AvgIpc) is 3.14. The topological polar surface area (TPSA) is 104 Å². The summed E-state index contributed by atoms with van der Waals surface area (Å²) in [6.07, 6.45) is 6.58. The molecule has 27 heavy (non-hydrogen) atoms. The van der Waals surface area contributed by atoms with Crippen molar-refractivity contribution in [1.29, 1.82) is 0 Å². The summed E-state index contributed by atoms with van der Waals surface area (Å²) >= 11 is 0. The number of fused-ring (bicyclic) bond motifs is 1. The van der Waals surface area contributed by atoms with Crippen LogP contribution in [0.3, 0.4) is 0 Å². The minimum atomic E-state index is -0.390. The van der Waals surface area contributed by atoms with E-state index in [1.165, 1.54) is 6.39 Å². The van der Waals surface area contributed by atoms with Crippen LogP contribution < -0.4 is 5.32 Å². The molecule has 1 aliphatic heterocycles. The summed E-state index contributed by atoms with van der Waals surface area (Å²) in [6.45, 7) is 0.378. The summed E-state index contributed by atoms with van der Waals surface area (Å²) in [5.74, 6) is 0.320. The zero-order valence-electron chi connectivity index (χ0n) is 14.4. The number of amides is 2. The molecule has 5 rings (SSSR count). The lowest BCUT2D eigenvalue weighted by molar-refractivity contribution is 0.0697. The first kappa shape index (κ1) is 15.8. The average molecular weight is 363 g/mol. The fourth-order valence-electron chi connectivity index (χ4n) is 3.48. The third-order valence-corrected chi connectivity index (χ3v) is 4.98. The van der Waals surface area contributed by atoms with Gasteiger partial charge in [-0.1, -0.05) is 6.07 Å². The number of nitrogens with one attached hydrogen (secondary N) is 2. The molecule has 0 radical (unpaired) electrons. The number of carbonyl (C=O) groups excluding carboxylic acids is 2. The smallest absolute Gasteiger partial charge is 0.273 e. The zero-order chi connectivity index (χ0) is 18.4. The monoisotopic (exact) mass is 363 g/mol. The molecular formula is C19H17N5O3. The molecule has 2 aromatic heterocycles. The maximum atomic E-state index is 13.0. The number of aromatic amines is 1. The number of carbonyl (C=O) groups is 2. The molecule has 0 spiro atoms. The highest BCUT2D eigenvalue weighted by molar-refractivity contribution is 5.96. The van der Waals surface area contributed by atoms with Gasteiger partial charge in [-0.25, -0.2) is 4.98 Å². The van der Waals surface area contributed by atoms with Gasteiger partial charge in [-0.15, -0.1) is 0 Å². The van der Waals surface area contributed by atoms with Gasteiger partial charge < -0.3 is 14.6 Å². The molecular weight excluding hydrogens is 346 g/mol. The summed E-state index contributed by atoms with van der Waals surface area (Å²) < 4.78 is 5.50. The zero-order valence-corrected chi connectivity index (χ0v) is 14.4. The van der Waals surface area contributed by atoms with E-state index in [9.17, 15) is 9.59 Å². The van der Waals surface area contributed by atoms with Gasteiger partial charge in [-0.3, -0.25) is 14.7 Å². The predicted molar refractivity (Wildman–Crippen MR) is 93.7 cm³/mol. The van der Waals surface area contributed by atoms with Gasteiger partial charge in [0, 0.05) is 24.3 Å². The lowest BCUT2D eigenvalue weighted by Gasteiger charge is -2.22. The number of hydrogen-bond donors (Lipinski definition) is 2. The summed E-state index contributed by atoms with van der Waals surface area (Å²) in [4.78, 5) is 31.0. The number of nitrogens with zero attached hydrogens (tertiary/aromatic N) is 3. The summed E-state index contributed by atoms with van der Waals surface area (Å²) in [6, 6.07) is 7.09. The number of benzene rings is 1. The second kappa shape index (κ2) is 6.08. The van der Waals surface area contributed by atoms with E-state index < -0.39 is 0 Å². The maximum Gasteiger partial charge on any atom is 0.273 e. The Morgan fingerprint density at radius 2 is 2.15 bits per heavy atom. The van der Waals surface area contributed by atoms with Crippen LogP contribution in [0.1, 0.15) is 56.6 Å². The summed E-state index contributed by atoms with van der Waals surface area (Å²) in [5, 5.41) is 9.57. The largest absolute Gasteiger partial charge is 0.446 e. The number of hydrogen-bond acceptors (Lipinski definition) is 5. The third kappa shape index (κ3) is 2.79. The van der Waals surface area contributed by atoms with Crippen molar-refractivity contribution in [1.82, 2.24) is 25.4 Å². The summed E-state index contributed by atoms with van der Waals surface area (Å²) in [7, 11) is 0. The van der Waals surface area contributed by atoms with E-state index in [4.69, 9.17) is 4.42 Å². The molecule has 136 valence electrons. The highest BCUT2D eigenvalue weighted by Gasteiger charge is 2.38. The molecule has 0 unspecified atom stereocenters. The van der Waals surface area contributed by atoms with E-state index in [-0.39, 0.29) is 17.9 Å². The first-order valence-corrected chi connectivity index (χ1v) is 8.83. The van der Waals surface area contributed by atoms with Gasteiger partial charge in [0.25, 0.3) is 11.8 Å². The third-order valence-electron chi connectivity index (χ3n) is 4.98. The molecule has 1 saturated carbocycles. The lowest BCUT2D eigenvalue weighted by Crippen LogP contribution is -2.30. The van der Waals surface area contributed by atoms with Crippen LogP contribution in [0.5, 0.6) is 0 Å². The Bertz CT molecular complexity index is 993. The predicted octanol–water partition coefficient (Wildman–Crippen LogP) is 2.04. The van der Waals surface area contributed by atoms with E-state index in [0.717, 1.165) is 24.0 Å². The van der Waals surface area contributed by atoms with Crippen molar-refractivity contribution in [3.05, 3.63) is 71.2 Å². The number of oxazole rings is 1. The molecule has 8 nitrogen and oxygen atoms in total. The molecule has 1 fully saturated rings. The van der Waals surface area contributed by atoms with Crippen molar-refractivity contribution in [3.8, 4) is 0 Å². The highest BCUT2D eigenvalue weighted by atomic mass is 16.3. The fourth-order valence-corrected chi connectivity index (χ4v) is 3.48. The minimum Gasteiger partial charge on any atom is -0.446 e. The molecule has 1 atom stereocenters. The second-order valence-corrected chi connectivity index (χ2v) is 6.87. The maximum absolute atomic E-state index is 13.0. The highest BCUT2D eigenvalue weighted by Crippen LogP contribution is 2.39. The van der Waals surface area contributed by atoms with Gasteiger partial charge >= 0.3 is 0 Å². The van der Waals surface area contributed by atoms with Gasteiger partial charge in [-0.2, -0.15) is 5.10 Å². The van der Waals surface area contributed by atoms with Crippen LogP contribution in [0.2, 0.25) is 0 Å². The molecule has 2 amide bonds. The van der Waals surface area contributed by atoms with Crippen molar-refractivity contribution in [3.63, 3.8) is 0 Å². The fraction of sp³-hybridized carbons (Fsp3) is 0.263. The van der Waals surface area contributed by atoms with Gasteiger partial charge in [0.15, 0.2) is 12.2 Å². The van der Waals surface area contributed by atoms with Crippen molar-refractivity contribution >= 4 is 11.8 Å². The van der Waals surface area contributed by atoms with Crippen LogP contribution in [0, 0.1) is 0 Å². The number of rotatable bonds is 4. The normalized spacial score (nSPS) is 18.4. The minimum absolute atomic E-state index is 0.0742. The molecule has 8 heteroatoms. The molecule has 0 saturated heterocycles. The van der Waals surface area contributed by atoms with Crippen LogP contribution in [-0.2, 0) is 6.54 Å². The van der Waals surface area contributed by atoms with Crippen molar-refractivity contribution in [2.75, 3.05) is 0 Å². The first-order chi connectivity index (χ1) is 13.2. The van der Waals surface area contributed by atoms with Gasteiger partial charge in [-0.05, 0) is 42.2 Å². The quantitative estimate of drug-likeness (QED) is 0.738. The van der Waals surface area contributed by atoms with E-state index in [1.54, 1.807) is 29.4 Å². The standard InChI is InChI=1S/C19H17N5O3/c25-18(22-13-2-3-13)11-1-4-14-12(7-11)9-24(17(14)16-8-20-10-27-16)19(26)15-5-6-21-23-15/h1,4-8,10,13,17H,2-3,9H2,(H,21,23)(H,22,25)/t17-/m0/s1. The molecule has 1 aromatic carbocycles. The van der Waals surface area contributed by atoms with Gasteiger partial charge in [0.2, 0.25) is 0 Å². The Labute approximate surface area is 154 Å². The van der Waals surface area contributed by atoms with Gasteiger partial charge in [0.1, 0.15) is 11.7 Å². The Balaban J connectivity index is 1.51.